The fourth-order valence-corrected chi connectivity index (χ4v) is 3.53. The zero-order chi connectivity index (χ0) is 20.7. The Morgan fingerprint density at radius 1 is 0.966 bits per heavy atom. The standard InChI is InChI=1S/C21H21N3O4S/c1-16-9-11-18(12-10-16)29(26,27)24-15-14-22-20(25)19-8-5-13-23-21(19)28-17-6-3-2-4-7-17/h2-13,24H,14-15H2,1H3,(H,22,25). The second-order valence-corrected chi connectivity index (χ2v) is 8.00. The largest absolute Gasteiger partial charge is 0.438 e. The van der Waals surface area contributed by atoms with E-state index in [1.54, 1.807) is 48.5 Å². The lowest BCUT2D eigenvalue weighted by Gasteiger charge is -2.11. The number of para-hydroxylation sites is 1. The molecule has 3 rings (SSSR count). The first-order chi connectivity index (χ1) is 14.0. The summed E-state index contributed by atoms with van der Waals surface area (Å²) in [4.78, 5) is 16.8. The summed E-state index contributed by atoms with van der Waals surface area (Å²) in [7, 11) is -3.63. The van der Waals surface area contributed by atoms with Crippen molar-refractivity contribution < 1.29 is 17.9 Å². The van der Waals surface area contributed by atoms with E-state index in [1.807, 2.05) is 25.1 Å². The van der Waals surface area contributed by atoms with Gasteiger partial charge in [-0.05, 0) is 43.3 Å². The molecule has 0 radical (unpaired) electrons. The van der Waals surface area contributed by atoms with Gasteiger partial charge in [0.05, 0.1) is 4.90 Å². The molecule has 0 saturated heterocycles. The van der Waals surface area contributed by atoms with Crippen LogP contribution in [0.3, 0.4) is 0 Å². The van der Waals surface area contributed by atoms with Gasteiger partial charge in [-0.2, -0.15) is 0 Å². The van der Waals surface area contributed by atoms with E-state index in [0.717, 1.165) is 5.56 Å². The van der Waals surface area contributed by atoms with Crippen molar-refractivity contribution in [3.63, 3.8) is 0 Å². The highest BCUT2D eigenvalue weighted by atomic mass is 32.2. The minimum Gasteiger partial charge on any atom is -0.438 e. The van der Waals surface area contributed by atoms with Gasteiger partial charge in [-0.15, -0.1) is 0 Å². The molecule has 1 amide bonds. The zero-order valence-corrected chi connectivity index (χ0v) is 16.6. The fourth-order valence-electron chi connectivity index (χ4n) is 2.50. The molecule has 0 saturated carbocycles. The SMILES string of the molecule is Cc1ccc(S(=O)(=O)NCCNC(=O)c2cccnc2Oc2ccccc2)cc1. The van der Waals surface area contributed by atoms with Crippen molar-refractivity contribution in [2.75, 3.05) is 13.1 Å². The van der Waals surface area contributed by atoms with Crippen LogP contribution in [0, 0.1) is 6.92 Å². The predicted molar refractivity (Wildman–Crippen MR) is 109 cm³/mol. The van der Waals surface area contributed by atoms with Gasteiger partial charge in [0, 0.05) is 19.3 Å². The molecule has 0 bridgehead atoms. The number of hydrogen-bond acceptors (Lipinski definition) is 5. The molecular weight excluding hydrogens is 390 g/mol. The number of aryl methyl sites for hydroxylation is 1. The van der Waals surface area contributed by atoms with Crippen molar-refractivity contribution in [2.24, 2.45) is 0 Å². The first-order valence-corrected chi connectivity index (χ1v) is 10.5. The normalized spacial score (nSPS) is 11.1. The van der Waals surface area contributed by atoms with Crippen LogP contribution in [0.25, 0.3) is 0 Å². The number of carbonyl (C=O) groups excluding carboxylic acids is 1. The Morgan fingerprint density at radius 3 is 2.41 bits per heavy atom. The van der Waals surface area contributed by atoms with Crippen LogP contribution in [-0.2, 0) is 10.0 Å². The van der Waals surface area contributed by atoms with Gasteiger partial charge in [0.2, 0.25) is 15.9 Å². The van der Waals surface area contributed by atoms with Gasteiger partial charge in [0.1, 0.15) is 11.3 Å². The summed E-state index contributed by atoms with van der Waals surface area (Å²) >= 11 is 0. The lowest BCUT2D eigenvalue weighted by atomic mass is 10.2. The molecule has 0 fully saturated rings. The van der Waals surface area contributed by atoms with Gasteiger partial charge < -0.3 is 10.1 Å². The van der Waals surface area contributed by atoms with E-state index >= 15 is 0 Å². The molecule has 0 aliphatic rings. The molecular formula is C21H21N3O4S. The van der Waals surface area contributed by atoms with Crippen LogP contribution in [0.1, 0.15) is 15.9 Å². The lowest BCUT2D eigenvalue weighted by molar-refractivity contribution is 0.0951. The first kappa shape index (κ1) is 20.5. The van der Waals surface area contributed by atoms with Gasteiger partial charge in [0.15, 0.2) is 0 Å². The Hall–Kier alpha value is -3.23. The fraction of sp³-hybridized carbons (Fsp3) is 0.143. The first-order valence-electron chi connectivity index (χ1n) is 8.98. The van der Waals surface area contributed by atoms with Crippen molar-refractivity contribution in [3.8, 4) is 11.6 Å². The second kappa shape index (κ2) is 9.31. The molecule has 8 heteroatoms. The van der Waals surface area contributed by atoms with Crippen LogP contribution >= 0.6 is 0 Å². The quantitative estimate of drug-likeness (QED) is 0.556. The molecule has 0 aliphatic carbocycles. The van der Waals surface area contributed by atoms with Crippen LogP contribution in [0.5, 0.6) is 11.6 Å². The van der Waals surface area contributed by atoms with Gasteiger partial charge in [-0.1, -0.05) is 35.9 Å². The number of hydrogen-bond donors (Lipinski definition) is 2. The van der Waals surface area contributed by atoms with E-state index in [4.69, 9.17) is 4.74 Å². The average Bonchev–Trinajstić information content (AvgIpc) is 2.72. The number of nitrogens with one attached hydrogen (secondary N) is 2. The van der Waals surface area contributed by atoms with Crippen LogP contribution in [0.2, 0.25) is 0 Å². The number of ether oxygens (including phenoxy) is 1. The molecule has 3 aromatic rings. The van der Waals surface area contributed by atoms with Crippen molar-refractivity contribution >= 4 is 15.9 Å². The number of nitrogens with zero attached hydrogens (tertiary/aromatic N) is 1. The van der Waals surface area contributed by atoms with Crippen molar-refractivity contribution in [1.29, 1.82) is 0 Å². The predicted octanol–water partition coefficient (Wildman–Crippen LogP) is 2.89. The third kappa shape index (κ3) is 5.63. The van der Waals surface area contributed by atoms with Crippen LogP contribution < -0.4 is 14.8 Å². The lowest BCUT2D eigenvalue weighted by Crippen LogP contribution is -2.34. The summed E-state index contributed by atoms with van der Waals surface area (Å²) in [5.41, 5.74) is 1.24. The second-order valence-electron chi connectivity index (χ2n) is 6.24. The van der Waals surface area contributed by atoms with Crippen molar-refractivity contribution in [2.45, 2.75) is 11.8 Å². The van der Waals surface area contributed by atoms with Gasteiger partial charge in [0.25, 0.3) is 5.91 Å². The molecule has 1 heterocycles. The van der Waals surface area contributed by atoms with Crippen LogP contribution in [0.15, 0.2) is 77.8 Å². The molecule has 7 nitrogen and oxygen atoms in total. The number of amides is 1. The highest BCUT2D eigenvalue weighted by Gasteiger charge is 2.15. The average molecular weight is 411 g/mol. The summed E-state index contributed by atoms with van der Waals surface area (Å²) in [5, 5.41) is 2.67. The summed E-state index contributed by atoms with van der Waals surface area (Å²) in [6.07, 6.45) is 1.53. The molecule has 0 atom stereocenters. The molecule has 0 spiro atoms. The number of rotatable bonds is 8. The highest BCUT2D eigenvalue weighted by molar-refractivity contribution is 7.89. The molecule has 2 aromatic carbocycles. The third-order valence-electron chi connectivity index (χ3n) is 4.01. The van der Waals surface area contributed by atoms with E-state index in [9.17, 15) is 13.2 Å². The highest BCUT2D eigenvalue weighted by Crippen LogP contribution is 2.22. The molecule has 0 aliphatic heterocycles. The maximum Gasteiger partial charge on any atom is 0.256 e. The Balaban J connectivity index is 1.57. The minimum absolute atomic E-state index is 0.0527. The van der Waals surface area contributed by atoms with Crippen molar-refractivity contribution in [1.82, 2.24) is 15.0 Å². The van der Waals surface area contributed by atoms with Gasteiger partial charge in [-0.25, -0.2) is 18.1 Å². The van der Waals surface area contributed by atoms with Gasteiger partial charge in [-0.3, -0.25) is 4.79 Å². The number of carbonyl (C=O) groups is 1. The molecule has 1 aromatic heterocycles. The summed E-state index contributed by atoms with van der Waals surface area (Å²) in [5.74, 6) is 0.334. The van der Waals surface area contributed by atoms with Crippen LogP contribution in [0.4, 0.5) is 0 Å². The maximum atomic E-state index is 12.5. The van der Waals surface area contributed by atoms with Crippen molar-refractivity contribution in [3.05, 3.63) is 84.1 Å². The Kier molecular flexibility index (Phi) is 6.58. The van der Waals surface area contributed by atoms with Gasteiger partial charge >= 0.3 is 0 Å². The minimum atomic E-state index is -3.63. The van der Waals surface area contributed by atoms with E-state index in [-0.39, 0.29) is 29.4 Å². The molecule has 29 heavy (non-hydrogen) atoms. The van der Waals surface area contributed by atoms with E-state index in [2.05, 4.69) is 15.0 Å². The van der Waals surface area contributed by atoms with E-state index < -0.39 is 15.9 Å². The monoisotopic (exact) mass is 411 g/mol. The Bertz CT molecular complexity index is 1070. The smallest absolute Gasteiger partial charge is 0.256 e. The molecule has 150 valence electrons. The summed E-state index contributed by atoms with van der Waals surface area (Å²) in [6, 6.07) is 18.8. The molecule has 0 unspecified atom stereocenters. The topological polar surface area (TPSA) is 97.4 Å². The van der Waals surface area contributed by atoms with Crippen LogP contribution in [-0.4, -0.2) is 32.4 Å². The van der Waals surface area contributed by atoms with E-state index in [1.165, 1.54) is 6.20 Å². The maximum absolute atomic E-state index is 12.5. The number of pyridine rings is 1. The number of sulfonamides is 1. The third-order valence-corrected chi connectivity index (χ3v) is 5.48. The summed E-state index contributed by atoms with van der Waals surface area (Å²) in [6.45, 7) is 2.05. The Labute approximate surface area is 169 Å². The molecule has 2 N–H and O–H groups in total. The number of benzene rings is 2. The summed E-state index contributed by atoms with van der Waals surface area (Å²) < 4.78 is 32.7. The zero-order valence-electron chi connectivity index (χ0n) is 15.8. The number of aromatic nitrogens is 1. The Morgan fingerprint density at radius 2 is 1.69 bits per heavy atom. The van der Waals surface area contributed by atoms with E-state index in [0.29, 0.717) is 5.75 Å².